The van der Waals surface area contributed by atoms with E-state index < -0.39 is 11.6 Å². The molecule has 112 valence electrons. The second-order valence-electron chi connectivity index (χ2n) is 4.98. The van der Waals surface area contributed by atoms with Gasteiger partial charge in [0.1, 0.15) is 29.6 Å². The van der Waals surface area contributed by atoms with E-state index in [2.05, 4.69) is 12.2 Å². The highest BCUT2D eigenvalue weighted by Gasteiger charge is 2.43. The van der Waals surface area contributed by atoms with Gasteiger partial charge in [-0.1, -0.05) is 6.92 Å². The zero-order chi connectivity index (χ0) is 14.5. The van der Waals surface area contributed by atoms with Gasteiger partial charge in [-0.15, -0.1) is 0 Å². The Labute approximate surface area is 118 Å². The summed E-state index contributed by atoms with van der Waals surface area (Å²) >= 11 is 0. The number of ether oxygens (including phenoxy) is 2. The van der Waals surface area contributed by atoms with Gasteiger partial charge < -0.3 is 14.8 Å². The van der Waals surface area contributed by atoms with Crippen molar-refractivity contribution in [3.05, 3.63) is 29.8 Å². The zero-order valence-corrected chi connectivity index (χ0v) is 11.9. The highest BCUT2D eigenvalue weighted by atomic mass is 19.1. The molecule has 0 heterocycles. The van der Waals surface area contributed by atoms with Crippen LogP contribution in [0.5, 0.6) is 5.75 Å². The predicted octanol–water partition coefficient (Wildman–Crippen LogP) is 2.89. The Morgan fingerprint density at radius 1 is 1.20 bits per heavy atom. The summed E-state index contributed by atoms with van der Waals surface area (Å²) in [6, 6.07) is 3.47. The molecule has 1 aromatic rings. The molecule has 1 saturated carbocycles. The Hall–Kier alpha value is -1.20. The molecule has 3 nitrogen and oxygen atoms in total. The second kappa shape index (κ2) is 6.99. The van der Waals surface area contributed by atoms with Gasteiger partial charge in [0.2, 0.25) is 0 Å². The largest absolute Gasteiger partial charge is 0.487 e. The standard InChI is InChI=1S/C15H21F2NO2/c1-3-5-18-13-9-14(15(13)19-4-2)20-12-7-10(16)6-11(17)8-12/h6-8,13-15,18H,3-5,9H2,1-2H3. The molecule has 1 aliphatic carbocycles. The molecule has 1 N–H and O–H groups in total. The molecule has 1 aliphatic rings. The molecule has 5 heteroatoms. The highest BCUT2D eigenvalue weighted by Crippen LogP contribution is 2.30. The molecule has 0 aliphatic heterocycles. The van der Waals surface area contributed by atoms with Gasteiger partial charge in [0.05, 0.1) is 0 Å². The van der Waals surface area contributed by atoms with Crippen LogP contribution in [0.25, 0.3) is 0 Å². The van der Waals surface area contributed by atoms with Crippen molar-refractivity contribution >= 4 is 0 Å². The average Bonchev–Trinajstić information content (AvgIpc) is 2.38. The molecule has 2 rings (SSSR count). The van der Waals surface area contributed by atoms with Crippen LogP contribution in [-0.4, -0.2) is 31.4 Å². The van der Waals surface area contributed by atoms with Crippen molar-refractivity contribution in [1.29, 1.82) is 0 Å². The van der Waals surface area contributed by atoms with Gasteiger partial charge in [-0.3, -0.25) is 0 Å². The minimum atomic E-state index is -0.632. The number of halogens is 2. The third-order valence-electron chi connectivity index (χ3n) is 3.39. The van der Waals surface area contributed by atoms with Gasteiger partial charge in [0, 0.05) is 37.3 Å². The van der Waals surface area contributed by atoms with E-state index in [0.717, 1.165) is 25.5 Å². The summed E-state index contributed by atoms with van der Waals surface area (Å²) in [5, 5.41) is 3.39. The third kappa shape index (κ3) is 3.67. The Bertz CT molecular complexity index is 422. The number of hydrogen-bond donors (Lipinski definition) is 1. The maximum absolute atomic E-state index is 13.1. The van der Waals surface area contributed by atoms with Crippen LogP contribution >= 0.6 is 0 Å². The van der Waals surface area contributed by atoms with Gasteiger partial charge in [-0.05, 0) is 19.9 Å². The lowest BCUT2D eigenvalue weighted by Crippen LogP contribution is -2.61. The summed E-state index contributed by atoms with van der Waals surface area (Å²) in [6.45, 7) is 5.54. The number of nitrogens with one attached hydrogen (secondary N) is 1. The average molecular weight is 285 g/mol. The first-order chi connectivity index (χ1) is 9.63. The highest BCUT2D eigenvalue weighted by molar-refractivity contribution is 5.24. The van der Waals surface area contributed by atoms with E-state index >= 15 is 0 Å². The van der Waals surface area contributed by atoms with Crippen molar-refractivity contribution < 1.29 is 18.3 Å². The molecular formula is C15H21F2NO2. The fraction of sp³-hybridized carbons (Fsp3) is 0.600. The Balaban J connectivity index is 1.95. The summed E-state index contributed by atoms with van der Waals surface area (Å²) in [5.74, 6) is -1.05. The predicted molar refractivity (Wildman–Crippen MR) is 72.9 cm³/mol. The molecule has 1 aromatic carbocycles. The minimum absolute atomic E-state index is 0.0714. The van der Waals surface area contributed by atoms with Crippen LogP contribution < -0.4 is 10.1 Å². The molecular weight excluding hydrogens is 264 g/mol. The van der Waals surface area contributed by atoms with E-state index in [-0.39, 0.29) is 24.0 Å². The summed E-state index contributed by atoms with van der Waals surface area (Å²) in [4.78, 5) is 0. The molecule has 0 saturated heterocycles. The minimum Gasteiger partial charge on any atom is -0.487 e. The van der Waals surface area contributed by atoms with Gasteiger partial charge in [0.15, 0.2) is 0 Å². The van der Waals surface area contributed by atoms with Crippen LogP contribution in [0.2, 0.25) is 0 Å². The van der Waals surface area contributed by atoms with Crippen LogP contribution in [-0.2, 0) is 4.74 Å². The molecule has 0 bridgehead atoms. The lowest BCUT2D eigenvalue weighted by Gasteiger charge is -2.44. The quantitative estimate of drug-likeness (QED) is 0.835. The monoisotopic (exact) mass is 285 g/mol. The van der Waals surface area contributed by atoms with E-state index in [4.69, 9.17) is 9.47 Å². The lowest BCUT2D eigenvalue weighted by molar-refractivity contribution is -0.104. The van der Waals surface area contributed by atoms with Gasteiger partial charge >= 0.3 is 0 Å². The normalized spacial score (nSPS) is 25.3. The maximum atomic E-state index is 13.1. The van der Waals surface area contributed by atoms with Crippen molar-refractivity contribution in [2.75, 3.05) is 13.2 Å². The number of rotatable bonds is 7. The van der Waals surface area contributed by atoms with Crippen LogP contribution in [0.15, 0.2) is 18.2 Å². The smallest absolute Gasteiger partial charge is 0.129 e. The molecule has 0 aromatic heterocycles. The molecule has 0 radical (unpaired) electrons. The zero-order valence-electron chi connectivity index (χ0n) is 11.9. The summed E-state index contributed by atoms with van der Waals surface area (Å²) in [6.07, 6.45) is 1.60. The fourth-order valence-electron chi connectivity index (χ4n) is 2.41. The molecule has 3 unspecified atom stereocenters. The Morgan fingerprint density at radius 3 is 2.50 bits per heavy atom. The summed E-state index contributed by atoms with van der Waals surface area (Å²) in [5.41, 5.74) is 0. The van der Waals surface area contributed by atoms with Crippen LogP contribution in [0.1, 0.15) is 26.7 Å². The molecule has 3 atom stereocenters. The van der Waals surface area contributed by atoms with E-state index in [9.17, 15) is 8.78 Å². The van der Waals surface area contributed by atoms with E-state index in [1.54, 1.807) is 0 Å². The van der Waals surface area contributed by atoms with Crippen LogP contribution in [0, 0.1) is 11.6 Å². The van der Waals surface area contributed by atoms with Crippen molar-refractivity contribution in [1.82, 2.24) is 5.32 Å². The number of benzene rings is 1. The van der Waals surface area contributed by atoms with Crippen molar-refractivity contribution in [2.45, 2.75) is 44.9 Å². The van der Waals surface area contributed by atoms with Gasteiger partial charge in [-0.2, -0.15) is 0 Å². The molecule has 20 heavy (non-hydrogen) atoms. The Kier molecular flexibility index (Phi) is 5.31. The first kappa shape index (κ1) is 15.2. The molecule has 0 amide bonds. The number of hydrogen-bond acceptors (Lipinski definition) is 3. The van der Waals surface area contributed by atoms with Gasteiger partial charge in [0.25, 0.3) is 0 Å². The van der Waals surface area contributed by atoms with Gasteiger partial charge in [-0.25, -0.2) is 8.78 Å². The van der Waals surface area contributed by atoms with Crippen molar-refractivity contribution in [2.24, 2.45) is 0 Å². The summed E-state index contributed by atoms with van der Waals surface area (Å²) < 4.78 is 37.6. The topological polar surface area (TPSA) is 30.5 Å². The van der Waals surface area contributed by atoms with E-state index in [0.29, 0.717) is 6.61 Å². The molecule has 0 spiro atoms. The van der Waals surface area contributed by atoms with Crippen LogP contribution in [0.4, 0.5) is 8.78 Å². The van der Waals surface area contributed by atoms with E-state index in [1.807, 2.05) is 6.92 Å². The summed E-state index contributed by atoms with van der Waals surface area (Å²) in [7, 11) is 0. The maximum Gasteiger partial charge on any atom is 0.129 e. The van der Waals surface area contributed by atoms with Crippen LogP contribution in [0.3, 0.4) is 0 Å². The van der Waals surface area contributed by atoms with Crippen molar-refractivity contribution in [3.63, 3.8) is 0 Å². The third-order valence-corrected chi connectivity index (χ3v) is 3.39. The first-order valence-corrected chi connectivity index (χ1v) is 7.11. The van der Waals surface area contributed by atoms with Crippen molar-refractivity contribution in [3.8, 4) is 5.75 Å². The van der Waals surface area contributed by atoms with E-state index in [1.165, 1.54) is 12.1 Å². The second-order valence-corrected chi connectivity index (χ2v) is 4.98. The first-order valence-electron chi connectivity index (χ1n) is 7.11. The molecule has 1 fully saturated rings. The Morgan fingerprint density at radius 2 is 1.90 bits per heavy atom. The fourth-order valence-corrected chi connectivity index (χ4v) is 2.41. The lowest BCUT2D eigenvalue weighted by atomic mass is 9.85. The SMILES string of the molecule is CCCNC1CC(Oc2cc(F)cc(F)c2)C1OCC.